The van der Waals surface area contributed by atoms with E-state index in [0.29, 0.717) is 42.1 Å². The summed E-state index contributed by atoms with van der Waals surface area (Å²) in [6.07, 6.45) is 6.55. The lowest BCUT2D eigenvalue weighted by Crippen LogP contribution is -2.41. The van der Waals surface area contributed by atoms with Gasteiger partial charge in [-0.15, -0.1) is 11.3 Å². The molecule has 0 aliphatic carbocycles. The van der Waals surface area contributed by atoms with E-state index in [1.54, 1.807) is 23.9 Å². The maximum atomic E-state index is 13.4. The first-order valence-electron chi connectivity index (χ1n) is 12.6. The van der Waals surface area contributed by atoms with Crippen LogP contribution in [0.5, 0.6) is 0 Å². The molecule has 1 amide bonds. The van der Waals surface area contributed by atoms with Gasteiger partial charge in [0.15, 0.2) is 0 Å². The Morgan fingerprint density at radius 2 is 1.85 bits per heavy atom. The molecule has 5 rings (SSSR count). The number of rotatable bonds is 12. The molecule has 3 aromatic heterocycles. The van der Waals surface area contributed by atoms with Crippen LogP contribution in [0, 0.1) is 0 Å². The molecule has 1 unspecified atom stereocenters. The number of aromatic nitrogens is 4. The number of amides is 1. The molecule has 10 heteroatoms. The molecule has 0 saturated carbocycles. The normalized spacial score (nSPS) is 11.6. The maximum absolute atomic E-state index is 13.4. The first-order chi connectivity index (χ1) is 19.1. The second kappa shape index (κ2) is 13.0. The van der Waals surface area contributed by atoms with E-state index in [2.05, 4.69) is 38.1 Å². The number of benzene rings is 2. The lowest BCUT2D eigenvalue weighted by atomic mass is 10.1. The van der Waals surface area contributed by atoms with Crippen LogP contribution in [0.25, 0.3) is 5.82 Å². The van der Waals surface area contributed by atoms with Crippen molar-refractivity contribution in [1.82, 2.24) is 24.8 Å². The lowest BCUT2D eigenvalue weighted by molar-refractivity contribution is -0.122. The average Bonchev–Trinajstić information content (AvgIpc) is 3.68. The SMILES string of the molecule is O=C(NCc1ccc(Cl)cc1)C(Cc1cccs1)Nc1cc(-n2ccnc2)nc(NCCc2ccccc2)n1. The van der Waals surface area contributed by atoms with Crippen LogP contribution in [0.2, 0.25) is 5.02 Å². The zero-order chi connectivity index (χ0) is 26.9. The minimum atomic E-state index is -0.543. The number of carbonyl (C=O) groups excluding carboxylic acids is 1. The number of anilines is 2. The summed E-state index contributed by atoms with van der Waals surface area (Å²) in [7, 11) is 0. The minimum absolute atomic E-state index is 0.125. The molecule has 0 aliphatic rings. The summed E-state index contributed by atoms with van der Waals surface area (Å²) in [4.78, 5) is 28.0. The van der Waals surface area contributed by atoms with Gasteiger partial charge < -0.3 is 16.0 Å². The van der Waals surface area contributed by atoms with Crippen LogP contribution in [0.1, 0.15) is 16.0 Å². The van der Waals surface area contributed by atoms with Crippen molar-refractivity contribution in [1.29, 1.82) is 0 Å². The monoisotopic (exact) mass is 557 g/mol. The Hall–Kier alpha value is -4.21. The van der Waals surface area contributed by atoms with Gasteiger partial charge in [0.05, 0.1) is 0 Å². The third-order valence-electron chi connectivity index (χ3n) is 6.03. The van der Waals surface area contributed by atoms with Crippen molar-refractivity contribution in [3.05, 3.63) is 118 Å². The number of thiophene rings is 1. The van der Waals surface area contributed by atoms with E-state index in [0.717, 1.165) is 16.9 Å². The van der Waals surface area contributed by atoms with Crippen LogP contribution in [0.15, 0.2) is 96.9 Å². The smallest absolute Gasteiger partial charge is 0.243 e. The fourth-order valence-corrected chi connectivity index (χ4v) is 4.89. The molecule has 0 bridgehead atoms. The molecule has 5 aromatic rings. The molecule has 0 aliphatic heterocycles. The zero-order valence-corrected chi connectivity index (χ0v) is 22.7. The average molecular weight is 558 g/mol. The molecule has 3 N–H and O–H groups in total. The van der Waals surface area contributed by atoms with E-state index >= 15 is 0 Å². The summed E-state index contributed by atoms with van der Waals surface area (Å²) in [6.45, 7) is 1.06. The second-order valence-corrected chi connectivity index (χ2v) is 10.4. The number of hydrogen-bond donors (Lipinski definition) is 3. The highest BCUT2D eigenvalue weighted by Gasteiger charge is 2.21. The fourth-order valence-electron chi connectivity index (χ4n) is 4.01. The summed E-state index contributed by atoms with van der Waals surface area (Å²) in [6, 6.07) is 23.0. The Bertz CT molecular complexity index is 1460. The third-order valence-corrected chi connectivity index (χ3v) is 7.18. The predicted molar refractivity (Wildman–Crippen MR) is 157 cm³/mol. The van der Waals surface area contributed by atoms with Crippen molar-refractivity contribution in [2.24, 2.45) is 0 Å². The molecule has 8 nitrogen and oxygen atoms in total. The van der Waals surface area contributed by atoms with Crippen molar-refractivity contribution in [2.75, 3.05) is 17.2 Å². The van der Waals surface area contributed by atoms with E-state index < -0.39 is 6.04 Å². The summed E-state index contributed by atoms with van der Waals surface area (Å²) in [5.41, 5.74) is 2.19. The highest BCUT2D eigenvalue weighted by Crippen LogP contribution is 2.18. The van der Waals surface area contributed by atoms with Crippen LogP contribution < -0.4 is 16.0 Å². The van der Waals surface area contributed by atoms with Gasteiger partial charge in [0.2, 0.25) is 11.9 Å². The molecule has 39 heavy (non-hydrogen) atoms. The van der Waals surface area contributed by atoms with E-state index in [9.17, 15) is 4.79 Å². The van der Waals surface area contributed by atoms with Gasteiger partial charge in [0.25, 0.3) is 0 Å². The van der Waals surface area contributed by atoms with Crippen molar-refractivity contribution in [2.45, 2.75) is 25.4 Å². The molecular weight excluding hydrogens is 530 g/mol. The van der Waals surface area contributed by atoms with Crippen LogP contribution in [0.3, 0.4) is 0 Å². The number of carbonyl (C=O) groups is 1. The highest BCUT2D eigenvalue weighted by molar-refractivity contribution is 7.09. The van der Waals surface area contributed by atoms with Crippen LogP contribution >= 0.6 is 22.9 Å². The summed E-state index contributed by atoms with van der Waals surface area (Å²) >= 11 is 7.62. The van der Waals surface area contributed by atoms with Gasteiger partial charge in [0, 0.05) is 47.9 Å². The molecular formula is C29H28ClN7OS. The summed E-state index contributed by atoms with van der Waals surface area (Å²) < 4.78 is 1.81. The molecule has 2 aromatic carbocycles. The predicted octanol–water partition coefficient (Wildman–Crippen LogP) is 5.37. The highest BCUT2D eigenvalue weighted by atomic mass is 35.5. The summed E-state index contributed by atoms with van der Waals surface area (Å²) in [5.74, 6) is 1.53. The number of halogens is 1. The standard InChI is InChI=1S/C29H28ClN7OS/c30-23-10-8-22(9-11-23)19-33-28(38)25(17-24-7-4-16-39-24)34-26-18-27(37-15-14-31-20-37)36-29(35-26)32-13-12-21-5-2-1-3-6-21/h1-11,14-16,18,20,25H,12-13,17,19H2,(H,33,38)(H2,32,34,35,36). The van der Waals surface area contributed by atoms with Crippen LogP contribution in [-0.2, 0) is 24.2 Å². The Morgan fingerprint density at radius 1 is 1.00 bits per heavy atom. The van der Waals surface area contributed by atoms with Gasteiger partial charge in [-0.3, -0.25) is 9.36 Å². The van der Waals surface area contributed by atoms with E-state index in [1.165, 1.54) is 5.56 Å². The molecule has 0 radical (unpaired) electrons. The summed E-state index contributed by atoms with van der Waals surface area (Å²) in [5, 5.41) is 12.4. The maximum Gasteiger partial charge on any atom is 0.243 e. The van der Waals surface area contributed by atoms with Gasteiger partial charge in [-0.2, -0.15) is 9.97 Å². The molecule has 198 valence electrons. The largest absolute Gasteiger partial charge is 0.358 e. The van der Waals surface area contributed by atoms with Crippen LogP contribution in [-0.4, -0.2) is 38.0 Å². The van der Waals surface area contributed by atoms with Crippen LogP contribution in [0.4, 0.5) is 11.8 Å². The molecule has 3 heterocycles. The molecule has 0 spiro atoms. The molecule has 0 saturated heterocycles. The zero-order valence-electron chi connectivity index (χ0n) is 21.1. The fraction of sp³-hybridized carbons (Fsp3) is 0.172. The van der Waals surface area contributed by atoms with E-state index in [4.69, 9.17) is 16.6 Å². The number of imidazole rings is 1. The van der Waals surface area contributed by atoms with E-state index in [1.807, 2.05) is 76.8 Å². The minimum Gasteiger partial charge on any atom is -0.358 e. The lowest BCUT2D eigenvalue weighted by Gasteiger charge is -2.20. The van der Waals surface area contributed by atoms with Gasteiger partial charge in [-0.25, -0.2) is 4.98 Å². The van der Waals surface area contributed by atoms with Gasteiger partial charge in [0.1, 0.15) is 24.0 Å². The van der Waals surface area contributed by atoms with Crippen molar-refractivity contribution >= 4 is 40.6 Å². The van der Waals surface area contributed by atoms with Gasteiger partial charge >= 0.3 is 0 Å². The van der Waals surface area contributed by atoms with E-state index in [-0.39, 0.29) is 5.91 Å². The number of nitrogens with one attached hydrogen (secondary N) is 3. The number of nitrogens with zero attached hydrogens (tertiary/aromatic N) is 4. The van der Waals surface area contributed by atoms with Crippen molar-refractivity contribution < 1.29 is 4.79 Å². The van der Waals surface area contributed by atoms with Crippen molar-refractivity contribution in [3.63, 3.8) is 0 Å². The molecule has 0 fully saturated rings. The second-order valence-electron chi connectivity index (χ2n) is 8.89. The quantitative estimate of drug-likeness (QED) is 0.191. The van der Waals surface area contributed by atoms with Gasteiger partial charge in [-0.1, -0.05) is 60.1 Å². The first kappa shape index (κ1) is 26.4. The Labute approximate surface area is 236 Å². The van der Waals surface area contributed by atoms with Gasteiger partial charge in [-0.05, 0) is 41.1 Å². The number of hydrogen-bond acceptors (Lipinski definition) is 7. The Balaban J connectivity index is 1.34. The Morgan fingerprint density at radius 3 is 2.59 bits per heavy atom. The molecule has 1 atom stereocenters. The Kier molecular flexibility index (Phi) is 8.82. The first-order valence-corrected chi connectivity index (χ1v) is 13.8. The third kappa shape index (κ3) is 7.66. The van der Waals surface area contributed by atoms with Crippen molar-refractivity contribution in [3.8, 4) is 5.82 Å². The topological polar surface area (TPSA) is 96.8 Å².